The van der Waals surface area contributed by atoms with Crippen LogP contribution in [-0.4, -0.2) is 53.5 Å². The smallest absolute Gasteiger partial charge is 0.308 e. The van der Waals surface area contributed by atoms with Crippen LogP contribution in [0.4, 0.5) is 0 Å². The number of carboxylic acids is 1. The molecule has 1 aromatic rings. The lowest BCUT2D eigenvalue weighted by molar-refractivity contribution is -0.142. The van der Waals surface area contributed by atoms with Gasteiger partial charge in [-0.1, -0.05) is 37.3 Å². The number of rotatable bonds is 5. The van der Waals surface area contributed by atoms with E-state index in [0.29, 0.717) is 19.6 Å². The van der Waals surface area contributed by atoms with Crippen molar-refractivity contribution in [2.24, 2.45) is 11.8 Å². The first-order chi connectivity index (χ1) is 9.97. The van der Waals surface area contributed by atoms with Crippen molar-refractivity contribution in [3.8, 4) is 0 Å². The standard InChI is InChI=1S/C16H22N2O3/c1-12-8-18(10-14(12)16(20)21)11-15(19)17(2)9-13-6-4-3-5-7-13/h3-7,12,14H,8-11H2,1-2H3,(H,20,21). The number of carbonyl (C=O) groups excluding carboxylic acids is 1. The molecular weight excluding hydrogens is 268 g/mol. The second-order valence-electron chi connectivity index (χ2n) is 5.85. The molecule has 0 saturated carbocycles. The SMILES string of the molecule is CC1CN(CC(=O)N(C)Cc2ccccc2)CC1C(=O)O. The maximum atomic E-state index is 12.2. The van der Waals surface area contributed by atoms with E-state index in [0.717, 1.165) is 5.56 Å². The molecule has 5 heteroatoms. The van der Waals surface area contributed by atoms with E-state index in [4.69, 9.17) is 5.11 Å². The van der Waals surface area contributed by atoms with Gasteiger partial charge in [0.05, 0.1) is 12.5 Å². The summed E-state index contributed by atoms with van der Waals surface area (Å²) in [6.07, 6.45) is 0. The van der Waals surface area contributed by atoms with Gasteiger partial charge in [-0.3, -0.25) is 14.5 Å². The van der Waals surface area contributed by atoms with Crippen LogP contribution in [0, 0.1) is 11.8 Å². The summed E-state index contributed by atoms with van der Waals surface area (Å²) in [6.45, 7) is 3.92. The van der Waals surface area contributed by atoms with Crippen molar-refractivity contribution >= 4 is 11.9 Å². The molecule has 1 heterocycles. The van der Waals surface area contributed by atoms with Crippen LogP contribution in [0.3, 0.4) is 0 Å². The molecule has 21 heavy (non-hydrogen) atoms. The van der Waals surface area contributed by atoms with E-state index >= 15 is 0 Å². The van der Waals surface area contributed by atoms with E-state index in [1.54, 1.807) is 11.9 Å². The van der Waals surface area contributed by atoms with Crippen LogP contribution < -0.4 is 0 Å². The Balaban J connectivity index is 1.86. The molecule has 114 valence electrons. The molecule has 0 bridgehead atoms. The van der Waals surface area contributed by atoms with Crippen molar-refractivity contribution in [3.05, 3.63) is 35.9 Å². The van der Waals surface area contributed by atoms with Crippen LogP contribution in [0.1, 0.15) is 12.5 Å². The number of likely N-dealkylation sites (N-methyl/N-ethyl adjacent to an activating group) is 1. The molecule has 1 amide bonds. The van der Waals surface area contributed by atoms with Gasteiger partial charge in [0.2, 0.25) is 5.91 Å². The Labute approximate surface area is 125 Å². The predicted octanol–water partition coefficient (Wildman–Crippen LogP) is 1.30. The number of likely N-dealkylation sites (tertiary alicyclic amines) is 1. The summed E-state index contributed by atoms with van der Waals surface area (Å²) in [5.41, 5.74) is 1.09. The van der Waals surface area contributed by atoms with Crippen molar-refractivity contribution in [1.29, 1.82) is 0 Å². The summed E-state index contributed by atoms with van der Waals surface area (Å²) in [5, 5.41) is 9.12. The van der Waals surface area contributed by atoms with E-state index in [1.165, 1.54) is 0 Å². The largest absolute Gasteiger partial charge is 0.481 e. The molecule has 1 aromatic carbocycles. The van der Waals surface area contributed by atoms with Crippen molar-refractivity contribution in [2.45, 2.75) is 13.5 Å². The molecule has 0 aliphatic carbocycles. The maximum absolute atomic E-state index is 12.2. The van der Waals surface area contributed by atoms with E-state index in [9.17, 15) is 9.59 Å². The monoisotopic (exact) mass is 290 g/mol. The lowest BCUT2D eigenvalue weighted by Crippen LogP contribution is -2.37. The van der Waals surface area contributed by atoms with Crippen LogP contribution in [0.2, 0.25) is 0 Å². The molecule has 1 fully saturated rings. The quantitative estimate of drug-likeness (QED) is 0.888. The molecule has 2 atom stereocenters. The zero-order valence-corrected chi connectivity index (χ0v) is 12.5. The average Bonchev–Trinajstić information content (AvgIpc) is 2.80. The highest BCUT2D eigenvalue weighted by Gasteiger charge is 2.35. The van der Waals surface area contributed by atoms with E-state index in [-0.39, 0.29) is 24.3 Å². The molecule has 0 aromatic heterocycles. The molecule has 5 nitrogen and oxygen atoms in total. The number of benzene rings is 1. The summed E-state index contributed by atoms with van der Waals surface area (Å²) in [4.78, 5) is 26.9. The van der Waals surface area contributed by atoms with Crippen LogP contribution >= 0.6 is 0 Å². The summed E-state index contributed by atoms with van der Waals surface area (Å²) in [7, 11) is 1.78. The van der Waals surface area contributed by atoms with Crippen molar-refractivity contribution in [1.82, 2.24) is 9.80 Å². The Kier molecular flexibility index (Phi) is 4.96. The lowest BCUT2D eigenvalue weighted by Gasteiger charge is -2.21. The number of nitrogens with zero attached hydrogens (tertiary/aromatic N) is 2. The summed E-state index contributed by atoms with van der Waals surface area (Å²) in [5.74, 6) is -1.01. The van der Waals surface area contributed by atoms with Crippen LogP contribution in [0.15, 0.2) is 30.3 Å². The number of amides is 1. The zero-order chi connectivity index (χ0) is 15.4. The van der Waals surface area contributed by atoms with Crippen LogP contribution in [0.5, 0.6) is 0 Å². The first-order valence-electron chi connectivity index (χ1n) is 7.20. The molecule has 1 aliphatic heterocycles. The van der Waals surface area contributed by atoms with Gasteiger partial charge in [0.25, 0.3) is 0 Å². The zero-order valence-electron chi connectivity index (χ0n) is 12.5. The van der Waals surface area contributed by atoms with Gasteiger partial charge >= 0.3 is 5.97 Å². The molecule has 0 radical (unpaired) electrons. The minimum Gasteiger partial charge on any atom is -0.481 e. The molecule has 1 N–H and O–H groups in total. The molecule has 1 aliphatic rings. The first-order valence-corrected chi connectivity index (χ1v) is 7.20. The van der Waals surface area contributed by atoms with Gasteiger partial charge < -0.3 is 10.0 Å². The minimum absolute atomic E-state index is 0.0251. The Morgan fingerprint density at radius 3 is 2.52 bits per heavy atom. The maximum Gasteiger partial charge on any atom is 0.308 e. The summed E-state index contributed by atoms with van der Waals surface area (Å²) >= 11 is 0. The molecule has 2 unspecified atom stereocenters. The molecule has 2 rings (SSSR count). The van der Waals surface area contributed by atoms with E-state index in [1.807, 2.05) is 42.2 Å². The number of carboxylic acid groups (broad SMARTS) is 1. The topological polar surface area (TPSA) is 60.9 Å². The predicted molar refractivity (Wildman–Crippen MR) is 79.6 cm³/mol. The lowest BCUT2D eigenvalue weighted by atomic mass is 9.99. The van der Waals surface area contributed by atoms with Gasteiger partial charge in [0.15, 0.2) is 0 Å². The number of aliphatic carboxylic acids is 1. The van der Waals surface area contributed by atoms with Gasteiger partial charge in [-0.15, -0.1) is 0 Å². The number of hydrogen-bond donors (Lipinski definition) is 1. The first kappa shape index (κ1) is 15.5. The Bertz CT molecular complexity index is 504. The fraction of sp³-hybridized carbons (Fsp3) is 0.500. The molecule has 1 saturated heterocycles. The third-order valence-electron chi connectivity index (χ3n) is 4.05. The van der Waals surface area contributed by atoms with Crippen molar-refractivity contribution in [2.75, 3.05) is 26.7 Å². The normalized spacial score (nSPS) is 22.2. The Hall–Kier alpha value is -1.88. The van der Waals surface area contributed by atoms with Crippen LogP contribution in [0.25, 0.3) is 0 Å². The van der Waals surface area contributed by atoms with Crippen molar-refractivity contribution < 1.29 is 14.7 Å². The molecular formula is C16H22N2O3. The van der Waals surface area contributed by atoms with Gasteiger partial charge in [-0.25, -0.2) is 0 Å². The van der Waals surface area contributed by atoms with E-state index in [2.05, 4.69) is 0 Å². The van der Waals surface area contributed by atoms with Gasteiger partial charge in [-0.05, 0) is 11.5 Å². The Morgan fingerprint density at radius 1 is 1.29 bits per heavy atom. The van der Waals surface area contributed by atoms with E-state index < -0.39 is 5.97 Å². The molecule has 0 spiro atoms. The fourth-order valence-electron chi connectivity index (χ4n) is 2.78. The minimum atomic E-state index is -0.768. The van der Waals surface area contributed by atoms with Gasteiger partial charge in [0.1, 0.15) is 0 Å². The summed E-state index contributed by atoms with van der Waals surface area (Å²) < 4.78 is 0. The number of hydrogen-bond acceptors (Lipinski definition) is 3. The third kappa shape index (κ3) is 4.04. The van der Waals surface area contributed by atoms with Crippen molar-refractivity contribution in [3.63, 3.8) is 0 Å². The van der Waals surface area contributed by atoms with Crippen LogP contribution in [-0.2, 0) is 16.1 Å². The van der Waals surface area contributed by atoms with Gasteiger partial charge in [-0.2, -0.15) is 0 Å². The Morgan fingerprint density at radius 2 is 1.95 bits per heavy atom. The van der Waals surface area contributed by atoms with Gasteiger partial charge in [0, 0.05) is 26.7 Å². The fourth-order valence-corrected chi connectivity index (χ4v) is 2.78. The highest BCUT2D eigenvalue weighted by Crippen LogP contribution is 2.22. The second kappa shape index (κ2) is 6.72. The second-order valence-corrected chi connectivity index (χ2v) is 5.85. The summed E-state index contributed by atoms with van der Waals surface area (Å²) in [6, 6.07) is 9.83. The highest BCUT2D eigenvalue weighted by molar-refractivity contribution is 5.78. The third-order valence-corrected chi connectivity index (χ3v) is 4.05. The highest BCUT2D eigenvalue weighted by atomic mass is 16.4. The number of carbonyl (C=O) groups is 2. The average molecular weight is 290 g/mol.